The molecule has 0 aromatic heterocycles. The molecule has 0 bridgehead atoms. The summed E-state index contributed by atoms with van der Waals surface area (Å²) in [5.41, 5.74) is 3.09. The summed E-state index contributed by atoms with van der Waals surface area (Å²) >= 11 is 0. The Morgan fingerprint density at radius 2 is 2.05 bits per heavy atom. The molecule has 0 amide bonds. The van der Waals surface area contributed by atoms with Gasteiger partial charge in [-0.05, 0) is 67.2 Å². The second-order valence-corrected chi connectivity index (χ2v) is 7.49. The summed E-state index contributed by atoms with van der Waals surface area (Å²) in [4.78, 5) is 0. The van der Waals surface area contributed by atoms with Crippen LogP contribution in [0.4, 0.5) is 0 Å². The van der Waals surface area contributed by atoms with E-state index in [4.69, 9.17) is 0 Å². The lowest BCUT2D eigenvalue weighted by Gasteiger charge is -2.51. The quantitative estimate of drug-likeness (QED) is 0.509. The molecule has 0 radical (unpaired) electrons. The Morgan fingerprint density at radius 1 is 1.23 bits per heavy atom. The van der Waals surface area contributed by atoms with Crippen molar-refractivity contribution in [3.05, 3.63) is 29.3 Å². The lowest BCUT2D eigenvalue weighted by molar-refractivity contribution is -0.0158. The zero-order chi connectivity index (χ0) is 15.5. The minimum Gasteiger partial charge on any atom is -0.508 e. The second-order valence-electron chi connectivity index (χ2n) is 7.49. The number of aryl methyl sites for hydroxylation is 1. The summed E-state index contributed by atoms with van der Waals surface area (Å²) in [6.45, 7) is 2.16. The van der Waals surface area contributed by atoms with Gasteiger partial charge in [-0.15, -0.1) is 0 Å². The van der Waals surface area contributed by atoms with E-state index in [1.54, 1.807) is 6.07 Å². The summed E-state index contributed by atoms with van der Waals surface area (Å²) in [7, 11) is 0. The predicted octanol–water partition coefficient (Wildman–Crippen LogP) is 3.05. The standard InChI is InChI=1S/C18H23NO3/c1-18-9-15(21)17-12-5-3-11(20)8-10(12)2-4-13(17)14(18)6-7-16(18)19-22/h3,5,8,13-15,17,20-22H,2,4,6-7,9H2,1H3/t13?,14?,15-,17?,18-/m0/s1. The molecule has 3 aliphatic carbocycles. The van der Waals surface area contributed by atoms with Gasteiger partial charge in [0.15, 0.2) is 0 Å². The molecule has 3 N–H and O–H groups in total. The number of hydrogen-bond acceptors (Lipinski definition) is 4. The van der Waals surface area contributed by atoms with E-state index >= 15 is 0 Å². The number of phenols is 1. The molecule has 0 aliphatic heterocycles. The summed E-state index contributed by atoms with van der Waals surface area (Å²) in [5.74, 6) is 1.38. The molecule has 2 fully saturated rings. The van der Waals surface area contributed by atoms with Crippen molar-refractivity contribution < 1.29 is 15.4 Å². The Labute approximate surface area is 130 Å². The number of fused-ring (bicyclic) bond motifs is 5. The maximum absolute atomic E-state index is 10.8. The van der Waals surface area contributed by atoms with Crippen molar-refractivity contribution >= 4 is 5.71 Å². The number of benzene rings is 1. The topological polar surface area (TPSA) is 73.0 Å². The van der Waals surface area contributed by atoms with E-state index in [-0.39, 0.29) is 11.3 Å². The Balaban J connectivity index is 1.77. The average Bonchev–Trinajstić information content (AvgIpc) is 2.82. The van der Waals surface area contributed by atoms with Crippen LogP contribution in [0.1, 0.15) is 49.7 Å². The highest BCUT2D eigenvalue weighted by Crippen LogP contribution is 2.59. The Morgan fingerprint density at radius 3 is 2.82 bits per heavy atom. The molecule has 4 rings (SSSR count). The fraction of sp³-hybridized carbons (Fsp3) is 0.611. The summed E-state index contributed by atoms with van der Waals surface area (Å²) in [5, 5.41) is 33.4. The largest absolute Gasteiger partial charge is 0.508 e. The van der Waals surface area contributed by atoms with E-state index in [1.165, 1.54) is 11.1 Å². The molecule has 5 atom stereocenters. The summed E-state index contributed by atoms with van der Waals surface area (Å²) in [6.07, 6.45) is 4.14. The zero-order valence-electron chi connectivity index (χ0n) is 12.9. The molecule has 1 aromatic carbocycles. The van der Waals surface area contributed by atoms with Gasteiger partial charge in [0.05, 0.1) is 11.8 Å². The SMILES string of the molecule is C[C@]12C[C@H](O)C3c4ccc(O)cc4CCC3C1CCC2=NO. The van der Waals surface area contributed by atoms with Crippen LogP contribution in [0.5, 0.6) is 5.75 Å². The van der Waals surface area contributed by atoms with Gasteiger partial charge in [0, 0.05) is 11.3 Å². The molecular weight excluding hydrogens is 278 g/mol. The van der Waals surface area contributed by atoms with Crippen molar-refractivity contribution in [2.75, 3.05) is 0 Å². The van der Waals surface area contributed by atoms with Crippen LogP contribution < -0.4 is 0 Å². The highest BCUT2D eigenvalue weighted by atomic mass is 16.4. The van der Waals surface area contributed by atoms with Crippen LogP contribution in [0.15, 0.2) is 23.4 Å². The maximum Gasteiger partial charge on any atom is 0.115 e. The third kappa shape index (κ3) is 1.76. The number of oxime groups is 1. The molecule has 118 valence electrons. The van der Waals surface area contributed by atoms with Crippen LogP contribution in [-0.2, 0) is 6.42 Å². The second kappa shape index (κ2) is 4.72. The molecule has 4 nitrogen and oxygen atoms in total. The molecule has 3 aliphatic rings. The maximum atomic E-state index is 10.8. The lowest BCUT2D eigenvalue weighted by Crippen LogP contribution is -2.49. The molecule has 1 aromatic rings. The van der Waals surface area contributed by atoms with Gasteiger partial charge >= 0.3 is 0 Å². The number of aliphatic hydroxyl groups is 1. The van der Waals surface area contributed by atoms with Crippen molar-refractivity contribution in [2.45, 2.75) is 51.0 Å². The normalized spacial score (nSPS) is 41.8. The number of nitrogens with zero attached hydrogens (tertiary/aromatic N) is 1. The van der Waals surface area contributed by atoms with E-state index in [9.17, 15) is 15.4 Å². The first-order valence-electron chi connectivity index (χ1n) is 8.26. The van der Waals surface area contributed by atoms with Gasteiger partial charge < -0.3 is 15.4 Å². The Kier molecular flexibility index (Phi) is 3.02. The zero-order valence-corrected chi connectivity index (χ0v) is 12.9. The van der Waals surface area contributed by atoms with Crippen LogP contribution in [0.25, 0.3) is 0 Å². The molecular formula is C18H23NO3. The van der Waals surface area contributed by atoms with Gasteiger partial charge in [0.25, 0.3) is 0 Å². The minimum absolute atomic E-state index is 0.153. The molecule has 22 heavy (non-hydrogen) atoms. The summed E-state index contributed by atoms with van der Waals surface area (Å²) in [6, 6.07) is 5.57. The van der Waals surface area contributed by atoms with Crippen LogP contribution in [-0.4, -0.2) is 27.2 Å². The van der Waals surface area contributed by atoms with Gasteiger partial charge in [-0.3, -0.25) is 0 Å². The minimum atomic E-state index is -0.412. The van der Waals surface area contributed by atoms with Crippen molar-refractivity contribution in [3.63, 3.8) is 0 Å². The number of aromatic hydroxyl groups is 1. The monoisotopic (exact) mass is 301 g/mol. The molecule has 4 heteroatoms. The van der Waals surface area contributed by atoms with Gasteiger partial charge in [-0.2, -0.15) is 0 Å². The Hall–Kier alpha value is -1.55. The van der Waals surface area contributed by atoms with E-state index in [0.29, 0.717) is 24.0 Å². The van der Waals surface area contributed by atoms with Crippen LogP contribution >= 0.6 is 0 Å². The van der Waals surface area contributed by atoms with Gasteiger partial charge in [0.1, 0.15) is 5.75 Å². The first-order chi connectivity index (χ1) is 10.5. The predicted molar refractivity (Wildman–Crippen MR) is 83.3 cm³/mol. The lowest BCUT2D eigenvalue weighted by atomic mass is 9.54. The van der Waals surface area contributed by atoms with Gasteiger partial charge in [-0.25, -0.2) is 0 Å². The van der Waals surface area contributed by atoms with Crippen molar-refractivity contribution in [2.24, 2.45) is 22.4 Å². The van der Waals surface area contributed by atoms with Crippen molar-refractivity contribution in [1.29, 1.82) is 0 Å². The molecule has 0 spiro atoms. The Bertz CT molecular complexity index is 641. The molecule has 3 unspecified atom stereocenters. The van der Waals surface area contributed by atoms with Gasteiger partial charge in [-0.1, -0.05) is 18.1 Å². The van der Waals surface area contributed by atoms with Crippen molar-refractivity contribution in [1.82, 2.24) is 0 Å². The third-order valence-electron chi connectivity index (χ3n) is 6.55. The number of rotatable bonds is 0. The first kappa shape index (κ1) is 14.1. The van der Waals surface area contributed by atoms with Crippen LogP contribution in [0.2, 0.25) is 0 Å². The van der Waals surface area contributed by atoms with Crippen molar-refractivity contribution in [3.8, 4) is 5.75 Å². The fourth-order valence-corrected chi connectivity index (χ4v) is 5.60. The first-order valence-corrected chi connectivity index (χ1v) is 8.26. The van der Waals surface area contributed by atoms with Gasteiger partial charge in [0.2, 0.25) is 0 Å². The smallest absolute Gasteiger partial charge is 0.115 e. The van der Waals surface area contributed by atoms with E-state index in [1.807, 2.05) is 12.1 Å². The summed E-state index contributed by atoms with van der Waals surface area (Å²) < 4.78 is 0. The molecule has 0 heterocycles. The van der Waals surface area contributed by atoms with E-state index in [2.05, 4.69) is 12.1 Å². The number of hydrogen-bond donors (Lipinski definition) is 3. The highest BCUT2D eigenvalue weighted by molar-refractivity contribution is 5.92. The number of aliphatic hydroxyl groups excluding tert-OH is 1. The average molecular weight is 301 g/mol. The van der Waals surface area contributed by atoms with E-state index in [0.717, 1.165) is 31.4 Å². The molecule has 0 saturated heterocycles. The molecule has 2 saturated carbocycles. The fourth-order valence-electron chi connectivity index (χ4n) is 5.60. The van der Waals surface area contributed by atoms with Crippen LogP contribution in [0.3, 0.4) is 0 Å². The van der Waals surface area contributed by atoms with E-state index < -0.39 is 6.10 Å². The van der Waals surface area contributed by atoms with Crippen LogP contribution in [0, 0.1) is 17.3 Å². The number of phenolic OH excluding ortho intramolecular Hbond substituents is 1. The third-order valence-corrected chi connectivity index (χ3v) is 6.55. The highest BCUT2D eigenvalue weighted by Gasteiger charge is 2.56.